The van der Waals surface area contributed by atoms with Crippen molar-refractivity contribution in [3.63, 3.8) is 0 Å². The van der Waals surface area contributed by atoms with Gasteiger partial charge in [0.1, 0.15) is 18.6 Å². The van der Waals surface area contributed by atoms with Crippen LogP contribution >= 0.6 is 0 Å². The van der Waals surface area contributed by atoms with Crippen molar-refractivity contribution in [3.8, 4) is 0 Å². The number of carbonyl (C=O) groups excluding carboxylic acids is 3. The first-order valence-corrected chi connectivity index (χ1v) is 10.8. The molecule has 9 N–H and O–H groups in total. The molecule has 0 radical (unpaired) electrons. The minimum atomic E-state index is -1.19. The average molecular weight is 461 g/mol. The zero-order valence-electron chi connectivity index (χ0n) is 18.6. The van der Waals surface area contributed by atoms with E-state index in [0.29, 0.717) is 19.4 Å². The van der Waals surface area contributed by atoms with Crippen molar-refractivity contribution in [2.75, 3.05) is 13.1 Å². The molecule has 180 valence electrons. The van der Waals surface area contributed by atoms with Gasteiger partial charge in [0, 0.05) is 17.1 Å². The summed E-state index contributed by atoms with van der Waals surface area (Å²) in [4.78, 5) is 51.3. The summed E-state index contributed by atoms with van der Waals surface area (Å²) in [6.45, 7) is 1.35. The Morgan fingerprint density at radius 2 is 1.79 bits per heavy atom. The number of carboxylic acids is 1. The predicted octanol–water partition coefficient (Wildman–Crippen LogP) is -0.643. The predicted molar refractivity (Wildman–Crippen MR) is 123 cm³/mol. The lowest BCUT2D eigenvalue weighted by Gasteiger charge is -2.22. The van der Waals surface area contributed by atoms with Crippen molar-refractivity contribution in [2.45, 2.75) is 50.7 Å². The number of nitrogens with one attached hydrogen (secondary N) is 4. The molecule has 2 rings (SSSR count). The maximum Gasteiger partial charge on any atom is 0.322 e. The highest BCUT2D eigenvalue weighted by Crippen LogP contribution is 2.18. The minimum absolute atomic E-state index is 0.281. The van der Waals surface area contributed by atoms with E-state index in [1.807, 2.05) is 24.3 Å². The van der Waals surface area contributed by atoms with Gasteiger partial charge in [-0.2, -0.15) is 0 Å². The van der Waals surface area contributed by atoms with Gasteiger partial charge in [-0.25, -0.2) is 0 Å². The van der Waals surface area contributed by atoms with E-state index in [4.69, 9.17) is 16.6 Å². The summed E-state index contributed by atoms with van der Waals surface area (Å²) < 4.78 is 0. The lowest BCUT2D eigenvalue weighted by Crippen LogP contribution is -2.55. The molecule has 33 heavy (non-hydrogen) atoms. The largest absolute Gasteiger partial charge is 0.480 e. The topological polar surface area (TPSA) is 192 Å². The van der Waals surface area contributed by atoms with Gasteiger partial charge in [0.2, 0.25) is 17.7 Å². The van der Waals surface area contributed by atoms with Crippen LogP contribution in [0.25, 0.3) is 10.9 Å². The van der Waals surface area contributed by atoms with E-state index in [2.05, 4.69) is 20.9 Å². The van der Waals surface area contributed by atoms with Gasteiger partial charge in [0.15, 0.2) is 0 Å². The lowest BCUT2D eigenvalue weighted by atomic mass is 10.0. The molecule has 1 heterocycles. The van der Waals surface area contributed by atoms with Gasteiger partial charge in [-0.3, -0.25) is 19.2 Å². The van der Waals surface area contributed by atoms with Crippen molar-refractivity contribution in [3.05, 3.63) is 36.0 Å². The first-order chi connectivity index (χ1) is 15.7. The first-order valence-electron chi connectivity index (χ1n) is 10.8. The van der Waals surface area contributed by atoms with Crippen LogP contribution in [0, 0.1) is 0 Å². The van der Waals surface area contributed by atoms with Crippen LogP contribution < -0.4 is 27.4 Å². The third-order valence-electron chi connectivity index (χ3n) is 5.20. The second-order valence-corrected chi connectivity index (χ2v) is 7.86. The van der Waals surface area contributed by atoms with Crippen LogP contribution in [0.2, 0.25) is 0 Å². The van der Waals surface area contributed by atoms with Gasteiger partial charge in [-0.1, -0.05) is 18.2 Å². The summed E-state index contributed by atoms with van der Waals surface area (Å²) >= 11 is 0. The lowest BCUT2D eigenvalue weighted by molar-refractivity contribution is -0.138. The Balaban J connectivity index is 1.92. The molecule has 0 aliphatic carbocycles. The minimum Gasteiger partial charge on any atom is -0.480 e. The fraction of sp³-hybridized carbons (Fsp3) is 0.455. The van der Waals surface area contributed by atoms with E-state index < -0.39 is 48.4 Å². The Labute approximate surface area is 191 Å². The number of aromatic amines is 1. The Morgan fingerprint density at radius 3 is 2.48 bits per heavy atom. The summed E-state index contributed by atoms with van der Waals surface area (Å²) in [6.07, 6.45) is 3.58. The number of para-hydroxylation sites is 1. The number of aromatic nitrogens is 1. The van der Waals surface area contributed by atoms with E-state index >= 15 is 0 Å². The Hall–Kier alpha value is -3.44. The third-order valence-corrected chi connectivity index (χ3v) is 5.20. The number of hydrogen-bond donors (Lipinski definition) is 7. The molecule has 11 nitrogen and oxygen atoms in total. The molecule has 0 unspecified atom stereocenters. The zero-order chi connectivity index (χ0) is 24.4. The Kier molecular flexibility index (Phi) is 9.83. The SMILES string of the molecule is C[C@H](NC(=O)[C@@H](N)Cc1c[nH]c2ccccc12)C(=O)N[C@@H](CCCCN)C(=O)NCC(=O)O. The number of carbonyl (C=O) groups is 4. The molecule has 0 aliphatic rings. The number of nitrogens with two attached hydrogens (primary N) is 2. The molecule has 0 saturated carbocycles. The van der Waals surface area contributed by atoms with Crippen molar-refractivity contribution < 1.29 is 24.3 Å². The Bertz CT molecular complexity index is 975. The average Bonchev–Trinajstić information content (AvgIpc) is 3.19. The van der Waals surface area contributed by atoms with Crippen molar-refractivity contribution in [1.82, 2.24) is 20.9 Å². The van der Waals surface area contributed by atoms with Crippen LogP contribution in [0.4, 0.5) is 0 Å². The number of carboxylic acid groups (broad SMARTS) is 1. The molecular formula is C22H32N6O5. The second kappa shape index (κ2) is 12.6. The highest BCUT2D eigenvalue weighted by molar-refractivity contribution is 5.93. The number of rotatable bonds is 13. The monoisotopic (exact) mass is 460 g/mol. The molecule has 0 bridgehead atoms. The normalized spacial score (nSPS) is 13.7. The highest BCUT2D eigenvalue weighted by atomic mass is 16.4. The first kappa shape index (κ1) is 25.8. The van der Waals surface area contributed by atoms with Crippen LogP contribution in [-0.2, 0) is 25.6 Å². The molecule has 3 amide bonds. The summed E-state index contributed by atoms with van der Waals surface area (Å²) in [7, 11) is 0. The van der Waals surface area contributed by atoms with Crippen LogP contribution in [-0.4, -0.2) is 65.0 Å². The molecule has 0 spiro atoms. The number of aliphatic carboxylic acids is 1. The van der Waals surface area contributed by atoms with Crippen LogP contribution in [0.3, 0.4) is 0 Å². The molecule has 1 aromatic heterocycles. The van der Waals surface area contributed by atoms with E-state index in [0.717, 1.165) is 16.5 Å². The van der Waals surface area contributed by atoms with Gasteiger partial charge < -0.3 is 37.5 Å². The molecule has 1 aromatic carbocycles. The highest BCUT2D eigenvalue weighted by Gasteiger charge is 2.26. The third kappa shape index (κ3) is 7.88. The van der Waals surface area contributed by atoms with Gasteiger partial charge in [0.25, 0.3) is 0 Å². The maximum atomic E-state index is 12.6. The fourth-order valence-electron chi connectivity index (χ4n) is 3.36. The number of amides is 3. The molecule has 3 atom stereocenters. The van der Waals surface area contributed by atoms with E-state index in [-0.39, 0.29) is 12.8 Å². The molecule has 2 aromatic rings. The van der Waals surface area contributed by atoms with Crippen LogP contribution in [0.5, 0.6) is 0 Å². The molecule has 0 fully saturated rings. The van der Waals surface area contributed by atoms with Crippen molar-refractivity contribution >= 4 is 34.6 Å². The van der Waals surface area contributed by atoms with Crippen molar-refractivity contribution in [1.29, 1.82) is 0 Å². The van der Waals surface area contributed by atoms with E-state index in [9.17, 15) is 19.2 Å². The smallest absolute Gasteiger partial charge is 0.322 e. The number of hydrogen-bond acceptors (Lipinski definition) is 6. The van der Waals surface area contributed by atoms with Gasteiger partial charge in [-0.05, 0) is 50.8 Å². The van der Waals surface area contributed by atoms with Gasteiger partial charge in [-0.15, -0.1) is 0 Å². The molecular weight excluding hydrogens is 428 g/mol. The summed E-state index contributed by atoms with van der Waals surface area (Å²) in [6, 6.07) is 4.89. The number of fused-ring (bicyclic) bond motifs is 1. The number of H-pyrrole nitrogens is 1. The molecule has 0 aliphatic heterocycles. The fourth-order valence-corrected chi connectivity index (χ4v) is 3.36. The second-order valence-electron chi connectivity index (χ2n) is 7.86. The van der Waals surface area contributed by atoms with Crippen LogP contribution in [0.1, 0.15) is 31.7 Å². The molecule has 0 saturated heterocycles. The standard InChI is InChI=1S/C22H32N6O5/c1-13(20(31)28-18(8-4-5-9-23)22(33)26-12-19(29)30)27-21(32)16(24)10-14-11-25-17-7-3-2-6-15(14)17/h2-3,6-7,11,13,16,18,25H,4-5,8-10,12,23-24H2,1H3,(H,26,33)(H,27,32)(H,28,31)(H,29,30)/t13-,16-,18-/m0/s1. The maximum absolute atomic E-state index is 12.6. The summed E-state index contributed by atoms with van der Waals surface area (Å²) in [5.74, 6) is -2.89. The molecule has 11 heteroatoms. The summed E-state index contributed by atoms with van der Waals surface area (Å²) in [5.41, 5.74) is 13.4. The quantitative estimate of drug-likeness (QED) is 0.193. The number of benzene rings is 1. The van der Waals surface area contributed by atoms with Gasteiger partial charge >= 0.3 is 5.97 Å². The number of unbranched alkanes of at least 4 members (excludes halogenated alkanes) is 1. The van der Waals surface area contributed by atoms with Crippen molar-refractivity contribution in [2.24, 2.45) is 11.5 Å². The summed E-state index contributed by atoms with van der Waals surface area (Å²) in [5, 5.41) is 17.1. The van der Waals surface area contributed by atoms with Crippen LogP contribution in [0.15, 0.2) is 30.5 Å². The van der Waals surface area contributed by atoms with E-state index in [1.165, 1.54) is 6.92 Å². The van der Waals surface area contributed by atoms with E-state index in [1.54, 1.807) is 6.20 Å². The zero-order valence-corrected chi connectivity index (χ0v) is 18.6. The Morgan fingerprint density at radius 1 is 1.06 bits per heavy atom. The van der Waals surface area contributed by atoms with Gasteiger partial charge in [0.05, 0.1) is 6.04 Å².